The molecule has 31 heavy (non-hydrogen) atoms. The number of carbonyl (C=O) groups excluding carboxylic acids is 3. The molecule has 9 nitrogen and oxygen atoms in total. The molecule has 1 aliphatic carbocycles. The van der Waals surface area contributed by atoms with Crippen molar-refractivity contribution >= 4 is 35.2 Å². The Hall–Kier alpha value is -2.46. The molecule has 4 unspecified atom stereocenters. The highest BCUT2D eigenvalue weighted by Gasteiger charge is 2.68. The number of urea groups is 1. The van der Waals surface area contributed by atoms with Gasteiger partial charge in [0.05, 0.1) is 17.9 Å². The molecule has 4 amide bonds. The SMILES string of the molecule is NC(=O)NCCCC1(C(=O)O)NC(c2cccs2)C2C(=O)N(C3CCCCC3)C(=O)C21. The third kappa shape index (κ3) is 3.71. The Morgan fingerprint density at radius 2 is 2.00 bits per heavy atom. The first-order valence-corrected chi connectivity index (χ1v) is 11.7. The van der Waals surface area contributed by atoms with Crippen LogP contribution in [0.4, 0.5) is 4.79 Å². The molecule has 4 rings (SSSR count). The number of thiophene rings is 1. The molecule has 0 radical (unpaired) electrons. The van der Waals surface area contributed by atoms with E-state index in [1.807, 2.05) is 17.5 Å². The van der Waals surface area contributed by atoms with E-state index in [1.165, 1.54) is 16.2 Å². The van der Waals surface area contributed by atoms with E-state index in [1.54, 1.807) is 0 Å². The number of amides is 4. The van der Waals surface area contributed by atoms with Crippen LogP contribution in [0.5, 0.6) is 0 Å². The van der Waals surface area contributed by atoms with Crippen molar-refractivity contribution in [3.63, 3.8) is 0 Å². The molecule has 0 bridgehead atoms. The summed E-state index contributed by atoms with van der Waals surface area (Å²) in [5, 5.41) is 17.8. The Morgan fingerprint density at radius 3 is 2.61 bits per heavy atom. The number of fused-ring (bicyclic) bond motifs is 1. The Bertz CT molecular complexity index is 869. The maximum Gasteiger partial charge on any atom is 0.324 e. The summed E-state index contributed by atoms with van der Waals surface area (Å²) in [6.07, 6.45) is 4.98. The zero-order valence-electron chi connectivity index (χ0n) is 17.2. The minimum atomic E-state index is -1.57. The molecule has 2 aliphatic heterocycles. The van der Waals surface area contributed by atoms with Gasteiger partial charge in [0, 0.05) is 17.5 Å². The molecule has 2 saturated heterocycles. The highest BCUT2D eigenvalue weighted by molar-refractivity contribution is 7.10. The molecule has 0 spiro atoms. The number of primary amides is 1. The first-order chi connectivity index (χ1) is 14.9. The second-order valence-corrected chi connectivity index (χ2v) is 9.63. The lowest BCUT2D eigenvalue weighted by Crippen LogP contribution is -2.56. The van der Waals surface area contributed by atoms with Gasteiger partial charge in [0.2, 0.25) is 11.8 Å². The van der Waals surface area contributed by atoms with E-state index in [9.17, 15) is 24.3 Å². The number of carboxylic acid groups (broad SMARTS) is 1. The van der Waals surface area contributed by atoms with E-state index in [2.05, 4.69) is 10.6 Å². The first kappa shape index (κ1) is 21.8. The molecule has 3 heterocycles. The van der Waals surface area contributed by atoms with Gasteiger partial charge < -0.3 is 16.2 Å². The average molecular weight is 449 g/mol. The van der Waals surface area contributed by atoms with Gasteiger partial charge in [-0.25, -0.2) is 4.79 Å². The van der Waals surface area contributed by atoms with Crippen molar-refractivity contribution < 1.29 is 24.3 Å². The van der Waals surface area contributed by atoms with E-state index in [0.29, 0.717) is 6.42 Å². The lowest BCUT2D eigenvalue weighted by molar-refractivity contribution is -0.153. The fraction of sp³-hybridized carbons (Fsp3) is 0.619. The van der Waals surface area contributed by atoms with E-state index in [0.717, 1.165) is 37.0 Å². The number of imide groups is 1. The summed E-state index contributed by atoms with van der Waals surface area (Å²) >= 11 is 1.44. The minimum absolute atomic E-state index is 0.100. The fourth-order valence-electron chi connectivity index (χ4n) is 5.55. The van der Waals surface area contributed by atoms with Crippen LogP contribution in [0.2, 0.25) is 0 Å². The lowest BCUT2D eigenvalue weighted by Gasteiger charge is -2.34. The molecule has 4 atom stereocenters. The quantitative estimate of drug-likeness (QED) is 0.369. The summed E-state index contributed by atoms with van der Waals surface area (Å²) in [5.74, 6) is -3.49. The molecule has 3 fully saturated rings. The molecule has 10 heteroatoms. The first-order valence-electron chi connectivity index (χ1n) is 10.8. The van der Waals surface area contributed by atoms with Crippen LogP contribution in [0.1, 0.15) is 55.9 Å². The van der Waals surface area contributed by atoms with Gasteiger partial charge in [0.1, 0.15) is 5.54 Å². The number of nitrogens with two attached hydrogens (primary N) is 1. The van der Waals surface area contributed by atoms with E-state index >= 15 is 0 Å². The number of likely N-dealkylation sites (tertiary alicyclic amines) is 1. The topological polar surface area (TPSA) is 142 Å². The Balaban J connectivity index is 1.68. The van der Waals surface area contributed by atoms with Gasteiger partial charge in [0.25, 0.3) is 0 Å². The molecular weight excluding hydrogens is 420 g/mol. The van der Waals surface area contributed by atoms with E-state index < -0.39 is 35.4 Å². The van der Waals surface area contributed by atoms with Crippen molar-refractivity contribution in [2.24, 2.45) is 17.6 Å². The number of hydrogen-bond acceptors (Lipinski definition) is 6. The monoisotopic (exact) mass is 448 g/mol. The van der Waals surface area contributed by atoms with Gasteiger partial charge in [-0.2, -0.15) is 0 Å². The number of hydrogen-bond donors (Lipinski definition) is 4. The van der Waals surface area contributed by atoms with Gasteiger partial charge in [0.15, 0.2) is 0 Å². The van der Waals surface area contributed by atoms with E-state index in [4.69, 9.17) is 5.73 Å². The normalized spacial score (nSPS) is 31.1. The summed E-state index contributed by atoms with van der Waals surface area (Å²) in [7, 11) is 0. The minimum Gasteiger partial charge on any atom is -0.480 e. The number of nitrogens with zero attached hydrogens (tertiary/aromatic N) is 1. The molecular formula is C21H28N4O5S. The molecule has 1 aromatic heterocycles. The Labute approximate surface area is 184 Å². The molecule has 3 aliphatic rings. The van der Waals surface area contributed by atoms with Crippen LogP contribution >= 0.6 is 11.3 Å². The van der Waals surface area contributed by atoms with E-state index in [-0.39, 0.29) is 30.8 Å². The lowest BCUT2D eigenvalue weighted by atomic mass is 9.77. The number of aliphatic carboxylic acids is 1. The summed E-state index contributed by atoms with van der Waals surface area (Å²) in [6, 6.07) is 2.36. The highest BCUT2D eigenvalue weighted by Crippen LogP contribution is 2.52. The Kier molecular flexibility index (Phi) is 6.02. The fourth-order valence-corrected chi connectivity index (χ4v) is 6.37. The van der Waals surface area contributed by atoms with Gasteiger partial charge in [-0.3, -0.25) is 24.6 Å². The van der Waals surface area contributed by atoms with Crippen LogP contribution in [0.3, 0.4) is 0 Å². The summed E-state index contributed by atoms with van der Waals surface area (Å²) in [5.41, 5.74) is 3.53. The number of carboxylic acids is 1. The zero-order valence-corrected chi connectivity index (χ0v) is 18.0. The maximum atomic E-state index is 13.6. The van der Waals surface area contributed by atoms with Crippen LogP contribution in [-0.2, 0) is 14.4 Å². The smallest absolute Gasteiger partial charge is 0.324 e. The highest BCUT2D eigenvalue weighted by atomic mass is 32.1. The standard InChI is InChI=1S/C21H28N4O5S/c22-20(30)23-10-5-9-21(19(28)29)15-14(16(24-21)13-8-4-11-31-13)17(26)25(18(15)27)12-6-2-1-3-7-12/h4,8,11-12,14-16,24H,1-3,5-7,9-10H2,(H,28,29)(H3,22,23,30). The van der Waals surface area contributed by atoms with Crippen molar-refractivity contribution in [1.29, 1.82) is 0 Å². The zero-order chi connectivity index (χ0) is 22.2. The second-order valence-electron chi connectivity index (χ2n) is 8.65. The van der Waals surface area contributed by atoms with Crippen LogP contribution in [-0.4, -0.2) is 51.9 Å². The average Bonchev–Trinajstić information content (AvgIpc) is 3.43. The molecule has 168 valence electrons. The summed E-state index contributed by atoms with van der Waals surface area (Å²) in [6.45, 7) is 0.196. The predicted octanol–water partition coefficient (Wildman–Crippen LogP) is 1.60. The summed E-state index contributed by atoms with van der Waals surface area (Å²) < 4.78 is 0. The predicted molar refractivity (Wildman–Crippen MR) is 113 cm³/mol. The number of carbonyl (C=O) groups is 4. The number of nitrogens with one attached hydrogen (secondary N) is 2. The van der Waals surface area contributed by atoms with Gasteiger partial charge in [-0.15, -0.1) is 11.3 Å². The van der Waals surface area contributed by atoms with Crippen LogP contribution in [0.15, 0.2) is 17.5 Å². The summed E-state index contributed by atoms with van der Waals surface area (Å²) in [4.78, 5) is 52.9. The van der Waals surface area contributed by atoms with Gasteiger partial charge in [-0.05, 0) is 37.1 Å². The Morgan fingerprint density at radius 1 is 1.26 bits per heavy atom. The third-order valence-corrected chi connectivity index (χ3v) is 7.86. The molecule has 1 aromatic rings. The number of rotatable bonds is 7. The van der Waals surface area contributed by atoms with Crippen molar-refractivity contribution in [3.8, 4) is 0 Å². The van der Waals surface area contributed by atoms with Crippen molar-refractivity contribution in [2.75, 3.05) is 6.54 Å². The molecule has 0 aromatic carbocycles. The third-order valence-electron chi connectivity index (χ3n) is 6.91. The molecule has 1 saturated carbocycles. The molecule has 5 N–H and O–H groups in total. The van der Waals surface area contributed by atoms with Gasteiger partial charge >= 0.3 is 12.0 Å². The van der Waals surface area contributed by atoms with Crippen molar-refractivity contribution in [3.05, 3.63) is 22.4 Å². The second kappa shape index (κ2) is 8.58. The van der Waals surface area contributed by atoms with Crippen LogP contribution < -0.4 is 16.4 Å². The largest absolute Gasteiger partial charge is 0.480 e. The van der Waals surface area contributed by atoms with Crippen LogP contribution in [0, 0.1) is 11.8 Å². The van der Waals surface area contributed by atoms with Gasteiger partial charge in [-0.1, -0.05) is 25.3 Å². The van der Waals surface area contributed by atoms with Crippen molar-refractivity contribution in [2.45, 2.75) is 62.6 Å². The van der Waals surface area contributed by atoms with Crippen molar-refractivity contribution in [1.82, 2.24) is 15.5 Å². The maximum absolute atomic E-state index is 13.6. The van der Waals surface area contributed by atoms with Crippen LogP contribution in [0.25, 0.3) is 0 Å².